The Bertz CT molecular complexity index is 581. The number of rotatable bonds is 0. The number of aryl methyl sites for hydroxylation is 1. The van der Waals surface area contributed by atoms with Crippen LogP contribution in [0.25, 0.3) is 0 Å². The molecule has 0 saturated carbocycles. The average Bonchev–Trinajstić information content (AvgIpc) is 2.48. The molecule has 0 radical (unpaired) electrons. The van der Waals surface area contributed by atoms with Crippen LogP contribution in [0.2, 0.25) is 5.15 Å². The van der Waals surface area contributed by atoms with E-state index in [9.17, 15) is 0 Å². The molecule has 0 unspecified atom stereocenters. The second-order valence-electron chi connectivity index (χ2n) is 4.12. The first kappa shape index (κ1) is 10.4. The van der Waals surface area contributed by atoms with Crippen molar-refractivity contribution in [2.24, 2.45) is 0 Å². The number of anilines is 3. The highest BCUT2D eigenvalue weighted by Crippen LogP contribution is 2.33. The normalized spacial score (nSPS) is 12.8. The Balaban J connectivity index is 2.12. The Labute approximate surface area is 105 Å². The van der Waals surface area contributed by atoms with E-state index in [1.165, 1.54) is 5.56 Å². The average molecular weight is 246 g/mol. The summed E-state index contributed by atoms with van der Waals surface area (Å²) in [6, 6.07) is 9.95. The van der Waals surface area contributed by atoms with Crippen LogP contribution in [0.5, 0.6) is 0 Å². The molecule has 0 fully saturated rings. The van der Waals surface area contributed by atoms with Crippen LogP contribution in [0.1, 0.15) is 11.1 Å². The number of pyridine rings is 1. The highest BCUT2D eigenvalue weighted by Gasteiger charge is 2.14. The van der Waals surface area contributed by atoms with E-state index in [4.69, 9.17) is 11.6 Å². The van der Waals surface area contributed by atoms with Crippen LogP contribution in [0, 0.1) is 6.92 Å². The fraction of sp³-hybridized carbons (Fsp3) is 0.154. The zero-order valence-corrected chi connectivity index (χ0v) is 10.2. The molecule has 1 aromatic heterocycles. The van der Waals surface area contributed by atoms with E-state index in [2.05, 4.69) is 28.6 Å². The van der Waals surface area contributed by atoms with Crippen molar-refractivity contribution >= 4 is 28.8 Å². The molecule has 0 spiro atoms. The predicted octanol–water partition coefficient (Wildman–Crippen LogP) is 3.71. The maximum atomic E-state index is 5.92. The SMILES string of the molecule is Cc1cccc2c1NCc1ccc(Cl)nc1N2. The number of aromatic nitrogens is 1. The number of benzene rings is 1. The van der Waals surface area contributed by atoms with Crippen LogP contribution in [0.15, 0.2) is 30.3 Å². The predicted molar refractivity (Wildman–Crippen MR) is 71.0 cm³/mol. The molecule has 0 amide bonds. The second-order valence-corrected chi connectivity index (χ2v) is 4.50. The van der Waals surface area contributed by atoms with Gasteiger partial charge in [0.1, 0.15) is 11.0 Å². The van der Waals surface area contributed by atoms with Gasteiger partial charge in [0, 0.05) is 12.1 Å². The minimum Gasteiger partial charge on any atom is -0.379 e. The van der Waals surface area contributed by atoms with Gasteiger partial charge in [0.25, 0.3) is 0 Å². The molecule has 3 nitrogen and oxygen atoms in total. The van der Waals surface area contributed by atoms with E-state index < -0.39 is 0 Å². The standard InChI is InChI=1S/C13H12ClN3/c1-8-3-2-4-10-12(8)15-7-9-5-6-11(14)17-13(9)16-10/h2-6,15H,7H2,1H3,(H,16,17). The third-order valence-corrected chi connectivity index (χ3v) is 3.14. The van der Waals surface area contributed by atoms with Crippen LogP contribution in [-0.2, 0) is 6.54 Å². The highest BCUT2D eigenvalue weighted by molar-refractivity contribution is 6.29. The smallest absolute Gasteiger partial charge is 0.137 e. The Kier molecular flexibility index (Phi) is 2.41. The van der Waals surface area contributed by atoms with Crippen LogP contribution in [-0.4, -0.2) is 4.98 Å². The number of nitrogens with zero attached hydrogens (tertiary/aromatic N) is 1. The van der Waals surface area contributed by atoms with Gasteiger partial charge in [0.2, 0.25) is 0 Å². The molecule has 86 valence electrons. The van der Waals surface area contributed by atoms with Crippen molar-refractivity contribution in [1.29, 1.82) is 0 Å². The van der Waals surface area contributed by atoms with Gasteiger partial charge in [-0.1, -0.05) is 29.8 Å². The molecule has 4 heteroatoms. The van der Waals surface area contributed by atoms with Gasteiger partial charge in [-0.15, -0.1) is 0 Å². The molecule has 2 N–H and O–H groups in total. The summed E-state index contributed by atoms with van der Waals surface area (Å²) < 4.78 is 0. The first-order valence-corrected chi connectivity index (χ1v) is 5.88. The van der Waals surface area contributed by atoms with Gasteiger partial charge in [-0.2, -0.15) is 0 Å². The fourth-order valence-corrected chi connectivity index (χ4v) is 2.18. The van der Waals surface area contributed by atoms with Crippen molar-refractivity contribution in [3.05, 3.63) is 46.6 Å². The second kappa shape index (κ2) is 3.93. The van der Waals surface area contributed by atoms with Crippen molar-refractivity contribution in [2.45, 2.75) is 13.5 Å². The van der Waals surface area contributed by atoms with Crippen molar-refractivity contribution < 1.29 is 0 Å². The van der Waals surface area contributed by atoms with Crippen LogP contribution in [0.3, 0.4) is 0 Å². The maximum absolute atomic E-state index is 5.92. The Morgan fingerprint density at radius 2 is 2.12 bits per heavy atom. The van der Waals surface area contributed by atoms with E-state index in [0.29, 0.717) is 5.15 Å². The zero-order valence-electron chi connectivity index (χ0n) is 9.42. The van der Waals surface area contributed by atoms with Gasteiger partial charge >= 0.3 is 0 Å². The fourth-order valence-electron chi connectivity index (χ4n) is 2.03. The maximum Gasteiger partial charge on any atom is 0.137 e. The molecule has 1 aliphatic rings. The van der Waals surface area contributed by atoms with E-state index in [1.54, 1.807) is 0 Å². The molecule has 2 heterocycles. The van der Waals surface area contributed by atoms with E-state index >= 15 is 0 Å². The van der Waals surface area contributed by atoms with E-state index in [-0.39, 0.29) is 0 Å². The monoisotopic (exact) mass is 245 g/mol. The summed E-state index contributed by atoms with van der Waals surface area (Å²) in [5, 5.41) is 7.26. The molecule has 0 bridgehead atoms. The zero-order chi connectivity index (χ0) is 11.8. The lowest BCUT2D eigenvalue weighted by atomic mass is 10.1. The van der Waals surface area contributed by atoms with Gasteiger partial charge in [0.05, 0.1) is 11.4 Å². The summed E-state index contributed by atoms with van der Waals surface area (Å²) in [7, 11) is 0. The number of nitrogens with one attached hydrogen (secondary N) is 2. The minimum atomic E-state index is 0.507. The summed E-state index contributed by atoms with van der Waals surface area (Å²) >= 11 is 5.92. The van der Waals surface area contributed by atoms with E-state index in [0.717, 1.165) is 29.3 Å². The van der Waals surface area contributed by atoms with Crippen molar-refractivity contribution in [3.63, 3.8) is 0 Å². The third kappa shape index (κ3) is 1.83. The molecule has 1 aliphatic heterocycles. The van der Waals surface area contributed by atoms with Crippen LogP contribution in [0.4, 0.5) is 17.2 Å². The minimum absolute atomic E-state index is 0.507. The Morgan fingerprint density at radius 3 is 3.00 bits per heavy atom. The number of hydrogen-bond donors (Lipinski definition) is 2. The number of fused-ring (bicyclic) bond motifs is 2. The lowest BCUT2D eigenvalue weighted by Crippen LogP contribution is -1.99. The first-order chi connectivity index (χ1) is 8.24. The van der Waals surface area contributed by atoms with Gasteiger partial charge in [-0.3, -0.25) is 0 Å². The van der Waals surface area contributed by atoms with Crippen LogP contribution >= 0.6 is 11.6 Å². The van der Waals surface area contributed by atoms with Gasteiger partial charge in [-0.25, -0.2) is 4.98 Å². The quantitative estimate of drug-likeness (QED) is 0.695. The number of halogens is 1. The number of hydrogen-bond acceptors (Lipinski definition) is 3. The Hall–Kier alpha value is -1.74. The van der Waals surface area contributed by atoms with Crippen molar-refractivity contribution in [1.82, 2.24) is 4.98 Å². The Morgan fingerprint density at radius 1 is 1.24 bits per heavy atom. The van der Waals surface area contributed by atoms with Gasteiger partial charge in [-0.05, 0) is 24.6 Å². The number of para-hydroxylation sites is 1. The summed E-state index contributed by atoms with van der Waals surface area (Å²) in [6.45, 7) is 2.84. The molecule has 0 atom stereocenters. The van der Waals surface area contributed by atoms with Crippen molar-refractivity contribution in [2.75, 3.05) is 10.6 Å². The largest absolute Gasteiger partial charge is 0.379 e. The topological polar surface area (TPSA) is 37.0 Å². The van der Waals surface area contributed by atoms with Gasteiger partial charge in [0.15, 0.2) is 0 Å². The summed E-state index contributed by atoms with van der Waals surface area (Å²) in [6.07, 6.45) is 0. The highest BCUT2D eigenvalue weighted by atomic mass is 35.5. The summed E-state index contributed by atoms with van der Waals surface area (Å²) in [4.78, 5) is 4.32. The molecule has 0 saturated heterocycles. The lowest BCUT2D eigenvalue weighted by molar-refractivity contribution is 1.13. The summed E-state index contributed by atoms with van der Waals surface area (Å²) in [5.74, 6) is 0.828. The molecule has 17 heavy (non-hydrogen) atoms. The molecule has 1 aromatic carbocycles. The summed E-state index contributed by atoms with van der Waals surface area (Å²) in [5.41, 5.74) is 4.50. The van der Waals surface area contributed by atoms with E-state index in [1.807, 2.05) is 24.3 Å². The van der Waals surface area contributed by atoms with Crippen molar-refractivity contribution in [3.8, 4) is 0 Å². The third-order valence-electron chi connectivity index (χ3n) is 2.93. The molecule has 3 rings (SSSR count). The molecular formula is C13H12ClN3. The molecule has 0 aliphatic carbocycles. The molecule has 2 aromatic rings. The molecular weight excluding hydrogens is 234 g/mol. The lowest BCUT2D eigenvalue weighted by Gasteiger charge is -2.10. The van der Waals surface area contributed by atoms with Gasteiger partial charge < -0.3 is 10.6 Å². The van der Waals surface area contributed by atoms with Crippen LogP contribution < -0.4 is 10.6 Å². The first-order valence-electron chi connectivity index (χ1n) is 5.50.